The summed E-state index contributed by atoms with van der Waals surface area (Å²) in [5.41, 5.74) is 6.84. The monoisotopic (exact) mass is 413 g/mol. The Morgan fingerprint density at radius 3 is 2.29 bits per heavy atom. The van der Waals surface area contributed by atoms with Crippen molar-refractivity contribution in [2.45, 2.75) is 32.6 Å². The highest BCUT2D eigenvalue weighted by Gasteiger charge is 2.33. The van der Waals surface area contributed by atoms with Crippen LogP contribution >= 0.6 is 0 Å². The van der Waals surface area contributed by atoms with Crippen molar-refractivity contribution in [3.8, 4) is 17.0 Å². The average Bonchev–Trinajstić information content (AvgIpc) is 3.20. The lowest BCUT2D eigenvalue weighted by molar-refractivity contribution is 0.0958. The average molecular weight is 414 g/mol. The molecule has 0 radical (unpaired) electrons. The summed E-state index contributed by atoms with van der Waals surface area (Å²) in [4.78, 5) is 16.1. The van der Waals surface area contributed by atoms with Gasteiger partial charge in [-0.15, -0.1) is 0 Å². The largest absolute Gasteiger partial charge is 0.497 e. The topological polar surface area (TPSA) is 47.4 Å². The number of nitrogens with zero attached hydrogens (tertiary/aromatic N) is 3. The summed E-state index contributed by atoms with van der Waals surface area (Å²) < 4.78 is 6.93. The fourth-order valence-electron chi connectivity index (χ4n) is 4.77. The van der Waals surface area contributed by atoms with Crippen molar-refractivity contribution in [3.05, 3.63) is 71.4 Å². The molecule has 0 N–H and O–H groups in total. The molecule has 0 atom stereocenters. The minimum Gasteiger partial charge on any atom is -0.497 e. The number of hydrogen-bond acceptors (Lipinski definition) is 4. The quantitative estimate of drug-likeness (QED) is 0.588. The molecule has 2 aliphatic heterocycles. The van der Waals surface area contributed by atoms with Gasteiger partial charge in [-0.2, -0.15) is 9.78 Å². The zero-order chi connectivity index (χ0) is 21.4. The first kappa shape index (κ1) is 19.6. The predicted molar refractivity (Wildman–Crippen MR) is 124 cm³/mol. The van der Waals surface area contributed by atoms with E-state index in [0.29, 0.717) is 0 Å². The number of aromatic nitrogens is 2. The van der Waals surface area contributed by atoms with Crippen LogP contribution in [0.4, 0.5) is 5.69 Å². The number of fused-ring (bicyclic) bond motifs is 1. The lowest BCUT2D eigenvalue weighted by atomic mass is 9.93. The van der Waals surface area contributed by atoms with E-state index in [1.165, 1.54) is 19.3 Å². The standard InChI is InChI=1S/C26H27N3O2/c1-18-17-22-25(28-15-7-4-8-16-28)24(20-9-5-3-6-10-20)27-29(22)26(30)23(18)19-11-13-21(31-2)14-12-19/h3,5-6,9-14H,4,7-8,15-17H2,1-2H3. The summed E-state index contributed by atoms with van der Waals surface area (Å²) in [6.45, 7) is 4.10. The molecule has 0 spiro atoms. The number of rotatable bonds is 4. The van der Waals surface area contributed by atoms with Crippen LogP contribution in [0.25, 0.3) is 16.8 Å². The number of hydrogen-bond donors (Lipinski definition) is 0. The summed E-state index contributed by atoms with van der Waals surface area (Å²) >= 11 is 0. The second-order valence-electron chi connectivity index (χ2n) is 8.34. The molecule has 1 fully saturated rings. The number of piperidine rings is 1. The normalized spacial score (nSPS) is 16.5. The fraction of sp³-hybridized carbons (Fsp3) is 0.308. The van der Waals surface area contributed by atoms with Crippen LogP contribution < -0.4 is 9.64 Å². The van der Waals surface area contributed by atoms with Gasteiger partial charge in [0.25, 0.3) is 5.91 Å². The molecule has 2 aromatic carbocycles. The number of methoxy groups -OCH3 is 1. The predicted octanol–water partition coefficient (Wildman–Crippen LogP) is 5.22. The number of benzene rings is 2. The molecule has 1 saturated heterocycles. The molecule has 158 valence electrons. The molecule has 1 aromatic heterocycles. The minimum atomic E-state index is -0.0515. The van der Waals surface area contributed by atoms with Crippen LogP contribution in [0.5, 0.6) is 5.75 Å². The van der Waals surface area contributed by atoms with E-state index in [9.17, 15) is 4.79 Å². The van der Waals surface area contributed by atoms with E-state index in [1.54, 1.807) is 11.8 Å². The Bertz CT molecular complexity index is 1140. The number of carbonyl (C=O) groups is 1. The molecular formula is C26H27N3O2. The molecule has 3 aromatic rings. The van der Waals surface area contributed by atoms with Crippen LogP contribution in [0.15, 0.2) is 60.2 Å². The highest BCUT2D eigenvalue weighted by atomic mass is 16.5. The van der Waals surface area contributed by atoms with Crippen molar-refractivity contribution < 1.29 is 9.53 Å². The van der Waals surface area contributed by atoms with Crippen LogP contribution in [0.3, 0.4) is 0 Å². The van der Waals surface area contributed by atoms with Crippen molar-refractivity contribution in [1.82, 2.24) is 9.78 Å². The number of ether oxygens (including phenoxy) is 1. The third-order valence-electron chi connectivity index (χ3n) is 6.32. The van der Waals surface area contributed by atoms with E-state index in [-0.39, 0.29) is 5.91 Å². The Morgan fingerprint density at radius 1 is 0.903 bits per heavy atom. The molecule has 5 nitrogen and oxygen atoms in total. The van der Waals surface area contributed by atoms with Gasteiger partial charge in [0.1, 0.15) is 11.4 Å². The molecule has 0 saturated carbocycles. The first-order valence-electron chi connectivity index (χ1n) is 11.0. The lowest BCUT2D eigenvalue weighted by Crippen LogP contribution is -2.31. The zero-order valence-electron chi connectivity index (χ0n) is 18.1. The number of carbonyl (C=O) groups excluding carboxylic acids is 1. The van der Waals surface area contributed by atoms with Gasteiger partial charge < -0.3 is 9.64 Å². The van der Waals surface area contributed by atoms with Gasteiger partial charge in [-0.05, 0) is 43.9 Å². The van der Waals surface area contributed by atoms with Gasteiger partial charge in [-0.3, -0.25) is 4.79 Å². The molecule has 2 aliphatic rings. The van der Waals surface area contributed by atoms with Crippen LogP contribution in [0.2, 0.25) is 0 Å². The van der Waals surface area contributed by atoms with E-state index in [2.05, 4.69) is 24.0 Å². The van der Waals surface area contributed by atoms with Crippen LogP contribution in [-0.2, 0) is 6.42 Å². The molecule has 0 unspecified atom stereocenters. The Hall–Kier alpha value is -3.34. The highest BCUT2D eigenvalue weighted by Crippen LogP contribution is 2.40. The summed E-state index contributed by atoms with van der Waals surface area (Å²) in [6.07, 6.45) is 4.34. The Labute approximate surface area is 183 Å². The second-order valence-corrected chi connectivity index (χ2v) is 8.34. The Balaban J connectivity index is 1.63. The van der Waals surface area contributed by atoms with Gasteiger partial charge in [0.15, 0.2) is 0 Å². The molecule has 0 aliphatic carbocycles. The van der Waals surface area contributed by atoms with Crippen LogP contribution in [0.1, 0.15) is 42.2 Å². The van der Waals surface area contributed by atoms with Crippen molar-refractivity contribution >= 4 is 17.2 Å². The first-order valence-corrected chi connectivity index (χ1v) is 11.0. The van der Waals surface area contributed by atoms with Gasteiger partial charge in [-0.25, -0.2) is 0 Å². The molecule has 5 heteroatoms. The van der Waals surface area contributed by atoms with E-state index in [0.717, 1.165) is 64.6 Å². The Kier molecular flexibility index (Phi) is 5.10. The molecule has 5 rings (SSSR count). The van der Waals surface area contributed by atoms with Crippen LogP contribution in [-0.4, -0.2) is 35.9 Å². The van der Waals surface area contributed by atoms with Crippen molar-refractivity contribution in [1.29, 1.82) is 0 Å². The molecule has 0 amide bonds. The third-order valence-corrected chi connectivity index (χ3v) is 6.32. The van der Waals surface area contributed by atoms with Gasteiger partial charge >= 0.3 is 0 Å². The minimum absolute atomic E-state index is 0.0515. The summed E-state index contributed by atoms with van der Waals surface area (Å²) in [6, 6.07) is 17.9. The lowest BCUT2D eigenvalue weighted by Gasteiger charge is -2.30. The number of anilines is 1. The summed E-state index contributed by atoms with van der Waals surface area (Å²) in [7, 11) is 1.65. The number of allylic oxidation sites excluding steroid dienone is 2. The second kappa shape index (κ2) is 8.06. The molecule has 0 bridgehead atoms. The summed E-state index contributed by atoms with van der Waals surface area (Å²) in [5, 5.41) is 4.89. The van der Waals surface area contributed by atoms with Crippen molar-refractivity contribution in [2.75, 3.05) is 25.1 Å². The summed E-state index contributed by atoms with van der Waals surface area (Å²) in [5.74, 6) is 0.730. The Morgan fingerprint density at radius 2 is 1.61 bits per heavy atom. The van der Waals surface area contributed by atoms with Gasteiger partial charge in [0.2, 0.25) is 0 Å². The van der Waals surface area contributed by atoms with Gasteiger partial charge in [0.05, 0.1) is 18.5 Å². The third kappa shape index (κ3) is 3.44. The van der Waals surface area contributed by atoms with E-state index in [1.807, 2.05) is 42.5 Å². The SMILES string of the molecule is COc1ccc(C2=C(C)Cc3c(N4CCCCC4)c(-c4ccccc4)nn3C2=O)cc1. The maximum atomic E-state index is 13.7. The van der Waals surface area contributed by atoms with Crippen molar-refractivity contribution in [3.63, 3.8) is 0 Å². The smallest absolute Gasteiger partial charge is 0.279 e. The van der Waals surface area contributed by atoms with Crippen LogP contribution in [0, 0.1) is 0 Å². The maximum absolute atomic E-state index is 13.7. The van der Waals surface area contributed by atoms with E-state index in [4.69, 9.17) is 9.84 Å². The highest BCUT2D eigenvalue weighted by molar-refractivity contribution is 6.22. The fourth-order valence-corrected chi connectivity index (χ4v) is 4.77. The zero-order valence-corrected chi connectivity index (χ0v) is 18.1. The van der Waals surface area contributed by atoms with Gasteiger partial charge in [0, 0.05) is 30.6 Å². The first-order chi connectivity index (χ1) is 15.2. The van der Waals surface area contributed by atoms with Crippen molar-refractivity contribution in [2.24, 2.45) is 0 Å². The van der Waals surface area contributed by atoms with Gasteiger partial charge in [-0.1, -0.05) is 48.0 Å². The molecule has 3 heterocycles. The molecular weight excluding hydrogens is 386 g/mol. The van der Waals surface area contributed by atoms with E-state index >= 15 is 0 Å². The van der Waals surface area contributed by atoms with E-state index < -0.39 is 0 Å². The maximum Gasteiger partial charge on any atom is 0.279 e. The molecule has 31 heavy (non-hydrogen) atoms.